The lowest BCUT2D eigenvalue weighted by Gasteiger charge is -2.26. The summed E-state index contributed by atoms with van der Waals surface area (Å²) in [6, 6.07) is 1.96. The van der Waals surface area contributed by atoms with Crippen LogP contribution in [0.1, 0.15) is 51.9 Å². The van der Waals surface area contributed by atoms with Crippen molar-refractivity contribution in [3.63, 3.8) is 0 Å². The molecule has 1 aromatic rings. The highest BCUT2D eigenvalue weighted by Crippen LogP contribution is 2.09. The van der Waals surface area contributed by atoms with Crippen molar-refractivity contribution in [2.24, 2.45) is 4.99 Å². The van der Waals surface area contributed by atoms with Gasteiger partial charge in [0.05, 0.1) is 0 Å². The molecule has 0 unspecified atom stereocenters. The topological polar surface area (TPSA) is 57.5 Å². The van der Waals surface area contributed by atoms with Gasteiger partial charge in [-0.3, -0.25) is 9.67 Å². The lowest BCUT2D eigenvalue weighted by Crippen LogP contribution is -2.38. The summed E-state index contributed by atoms with van der Waals surface area (Å²) < 4.78 is 1.96. The quantitative estimate of drug-likeness (QED) is 0.366. The number of unbranched alkanes of at least 4 members (excludes halogenated alkanes) is 2. The monoisotopic (exact) mass is 348 g/mol. The molecule has 2 heterocycles. The molecule has 1 aliphatic heterocycles. The molecule has 1 aromatic heterocycles. The predicted molar refractivity (Wildman–Crippen MR) is 105 cm³/mol. The molecule has 6 nitrogen and oxygen atoms in total. The Bertz CT molecular complexity index is 450. The van der Waals surface area contributed by atoms with Gasteiger partial charge in [-0.05, 0) is 64.7 Å². The zero-order chi connectivity index (χ0) is 17.6. The molecule has 1 aliphatic rings. The van der Waals surface area contributed by atoms with E-state index in [0.717, 1.165) is 38.6 Å². The van der Waals surface area contributed by atoms with E-state index in [9.17, 15) is 0 Å². The number of aromatic nitrogens is 2. The summed E-state index contributed by atoms with van der Waals surface area (Å²) >= 11 is 0. The van der Waals surface area contributed by atoms with Crippen molar-refractivity contribution in [1.29, 1.82) is 0 Å². The molecular weight excluding hydrogens is 312 g/mol. The van der Waals surface area contributed by atoms with Gasteiger partial charge in [0.1, 0.15) is 0 Å². The summed E-state index contributed by atoms with van der Waals surface area (Å²) in [5.74, 6) is 0.944. The maximum atomic E-state index is 4.65. The van der Waals surface area contributed by atoms with Gasteiger partial charge in [-0.25, -0.2) is 0 Å². The Morgan fingerprint density at radius 1 is 1.04 bits per heavy atom. The van der Waals surface area contributed by atoms with Gasteiger partial charge in [-0.15, -0.1) is 0 Å². The van der Waals surface area contributed by atoms with Crippen molar-refractivity contribution < 1.29 is 0 Å². The molecule has 0 amide bonds. The Hall–Kier alpha value is -1.56. The van der Waals surface area contributed by atoms with Crippen LogP contribution < -0.4 is 10.6 Å². The number of aliphatic imine (C=N–C) groups is 1. The number of hydrogen-bond donors (Lipinski definition) is 2. The zero-order valence-corrected chi connectivity index (χ0v) is 15.9. The highest BCUT2D eigenvalue weighted by Gasteiger charge is 2.08. The van der Waals surface area contributed by atoms with Gasteiger partial charge < -0.3 is 15.5 Å². The maximum Gasteiger partial charge on any atom is 0.191 e. The van der Waals surface area contributed by atoms with Gasteiger partial charge in [-0.2, -0.15) is 5.10 Å². The first kappa shape index (κ1) is 19.8. The van der Waals surface area contributed by atoms with Crippen LogP contribution in [0.15, 0.2) is 23.5 Å². The SMILES string of the molecule is CCNC(=NCCCn1cccn1)NCCCCCN1CCCCC1. The van der Waals surface area contributed by atoms with Gasteiger partial charge in [0.25, 0.3) is 0 Å². The second-order valence-electron chi connectivity index (χ2n) is 6.77. The van der Waals surface area contributed by atoms with Gasteiger partial charge >= 0.3 is 0 Å². The highest BCUT2D eigenvalue weighted by molar-refractivity contribution is 5.79. The molecule has 1 saturated heterocycles. The number of rotatable bonds is 11. The van der Waals surface area contributed by atoms with E-state index < -0.39 is 0 Å². The molecule has 2 N–H and O–H groups in total. The van der Waals surface area contributed by atoms with Crippen LogP contribution in [0.5, 0.6) is 0 Å². The van der Waals surface area contributed by atoms with Crippen LogP contribution in [-0.4, -0.2) is 59.9 Å². The summed E-state index contributed by atoms with van der Waals surface area (Å²) in [4.78, 5) is 7.28. The van der Waals surface area contributed by atoms with E-state index in [1.807, 2.05) is 23.1 Å². The Morgan fingerprint density at radius 3 is 2.68 bits per heavy atom. The minimum Gasteiger partial charge on any atom is -0.357 e. The summed E-state index contributed by atoms with van der Waals surface area (Å²) in [6.07, 6.45) is 12.9. The number of likely N-dealkylation sites (tertiary alicyclic amines) is 1. The summed E-state index contributed by atoms with van der Waals surface area (Å²) in [5, 5.41) is 11.0. The van der Waals surface area contributed by atoms with Crippen LogP contribution in [0.4, 0.5) is 0 Å². The fourth-order valence-corrected chi connectivity index (χ4v) is 3.23. The third-order valence-electron chi connectivity index (χ3n) is 4.61. The average molecular weight is 349 g/mol. The molecule has 25 heavy (non-hydrogen) atoms. The van der Waals surface area contributed by atoms with E-state index in [1.165, 1.54) is 58.2 Å². The molecule has 0 aromatic carbocycles. The van der Waals surface area contributed by atoms with Gasteiger partial charge in [0.15, 0.2) is 5.96 Å². The molecule has 2 rings (SSSR count). The molecule has 142 valence electrons. The fourth-order valence-electron chi connectivity index (χ4n) is 3.23. The first-order chi connectivity index (χ1) is 12.4. The van der Waals surface area contributed by atoms with Gasteiger partial charge in [0.2, 0.25) is 0 Å². The van der Waals surface area contributed by atoms with Crippen LogP contribution in [0.25, 0.3) is 0 Å². The van der Waals surface area contributed by atoms with Gasteiger partial charge in [0, 0.05) is 38.6 Å². The third-order valence-corrected chi connectivity index (χ3v) is 4.61. The van der Waals surface area contributed by atoms with Crippen molar-refractivity contribution in [3.05, 3.63) is 18.5 Å². The smallest absolute Gasteiger partial charge is 0.191 e. The van der Waals surface area contributed by atoms with Crippen molar-refractivity contribution in [2.75, 3.05) is 39.3 Å². The molecule has 0 saturated carbocycles. The normalized spacial score (nSPS) is 16.1. The Balaban J connectivity index is 1.51. The van der Waals surface area contributed by atoms with Crippen LogP contribution >= 0.6 is 0 Å². The lowest BCUT2D eigenvalue weighted by atomic mass is 10.1. The average Bonchev–Trinajstić information content (AvgIpc) is 3.16. The van der Waals surface area contributed by atoms with Crippen molar-refractivity contribution in [1.82, 2.24) is 25.3 Å². The van der Waals surface area contributed by atoms with Crippen LogP contribution in [-0.2, 0) is 6.54 Å². The Labute approximate surface area is 153 Å². The predicted octanol–water partition coefficient (Wildman–Crippen LogP) is 2.48. The van der Waals surface area contributed by atoms with E-state index >= 15 is 0 Å². The second-order valence-corrected chi connectivity index (χ2v) is 6.77. The number of hydrogen-bond acceptors (Lipinski definition) is 3. The Morgan fingerprint density at radius 2 is 1.92 bits per heavy atom. The number of guanidine groups is 1. The molecule has 0 radical (unpaired) electrons. The Kier molecular flexibility index (Phi) is 10.1. The van der Waals surface area contributed by atoms with E-state index in [-0.39, 0.29) is 0 Å². The van der Waals surface area contributed by atoms with Gasteiger partial charge in [-0.1, -0.05) is 12.8 Å². The maximum absolute atomic E-state index is 4.65. The molecule has 0 spiro atoms. The standard InChI is InChI=1S/C19H36N6/c1-2-20-19(22-12-9-17-25-18-10-13-23-25)21-11-5-3-6-14-24-15-7-4-8-16-24/h10,13,18H,2-9,11-12,14-17H2,1H3,(H2,20,21,22). The zero-order valence-electron chi connectivity index (χ0n) is 15.9. The van der Waals surface area contributed by atoms with Crippen molar-refractivity contribution in [3.8, 4) is 0 Å². The molecule has 1 fully saturated rings. The first-order valence-electron chi connectivity index (χ1n) is 10.1. The minimum atomic E-state index is 0.824. The van der Waals surface area contributed by atoms with E-state index in [4.69, 9.17) is 0 Å². The van der Waals surface area contributed by atoms with Crippen molar-refractivity contribution >= 4 is 5.96 Å². The third kappa shape index (κ3) is 8.91. The largest absolute Gasteiger partial charge is 0.357 e. The fraction of sp³-hybridized carbons (Fsp3) is 0.789. The highest BCUT2D eigenvalue weighted by atomic mass is 15.3. The second kappa shape index (κ2) is 12.8. The summed E-state index contributed by atoms with van der Waals surface area (Å²) in [5.41, 5.74) is 0. The van der Waals surface area contributed by atoms with E-state index in [0.29, 0.717) is 0 Å². The van der Waals surface area contributed by atoms with Crippen molar-refractivity contribution in [2.45, 2.75) is 58.4 Å². The summed E-state index contributed by atoms with van der Waals surface area (Å²) in [6.45, 7) is 9.67. The molecule has 6 heteroatoms. The summed E-state index contributed by atoms with van der Waals surface area (Å²) in [7, 11) is 0. The first-order valence-corrected chi connectivity index (χ1v) is 10.1. The molecule has 0 atom stereocenters. The molecular formula is C19H36N6. The van der Waals surface area contributed by atoms with Crippen LogP contribution in [0.2, 0.25) is 0 Å². The number of nitrogens with one attached hydrogen (secondary N) is 2. The number of nitrogens with zero attached hydrogens (tertiary/aromatic N) is 4. The number of piperidine rings is 1. The molecule has 0 aliphatic carbocycles. The molecule has 0 bridgehead atoms. The minimum absolute atomic E-state index is 0.824. The van der Waals surface area contributed by atoms with E-state index in [1.54, 1.807) is 0 Å². The van der Waals surface area contributed by atoms with Crippen LogP contribution in [0, 0.1) is 0 Å². The van der Waals surface area contributed by atoms with E-state index in [2.05, 4.69) is 32.5 Å². The van der Waals surface area contributed by atoms with Crippen LogP contribution in [0.3, 0.4) is 0 Å². The number of aryl methyl sites for hydroxylation is 1. The lowest BCUT2D eigenvalue weighted by molar-refractivity contribution is 0.224.